The second-order valence-electron chi connectivity index (χ2n) is 10.6. The highest BCUT2D eigenvalue weighted by molar-refractivity contribution is 5.52. The van der Waals surface area contributed by atoms with Crippen molar-refractivity contribution in [3.8, 4) is 28.7 Å². The molecule has 11 N–H and O–H groups in total. The Bertz CT molecular complexity index is 1270. The van der Waals surface area contributed by atoms with E-state index in [1.54, 1.807) is 0 Å². The van der Waals surface area contributed by atoms with Crippen LogP contribution in [0.3, 0.4) is 0 Å². The van der Waals surface area contributed by atoms with Gasteiger partial charge in [0.15, 0.2) is 11.5 Å². The van der Waals surface area contributed by atoms with Crippen molar-refractivity contribution in [2.24, 2.45) is 0 Å². The zero-order valence-corrected chi connectivity index (χ0v) is 22.4. The Morgan fingerprint density at radius 2 is 1.23 bits per heavy atom. The Morgan fingerprint density at radius 1 is 0.674 bits per heavy atom. The van der Waals surface area contributed by atoms with Gasteiger partial charge in [0.1, 0.15) is 72.2 Å². The maximum absolute atomic E-state index is 10.9. The summed E-state index contributed by atoms with van der Waals surface area (Å²) >= 11 is 0. The minimum absolute atomic E-state index is 0.0574. The van der Waals surface area contributed by atoms with Crippen molar-refractivity contribution in [2.45, 2.75) is 80.0 Å². The number of hydrogen-bond acceptors (Lipinski definition) is 16. The SMILES string of the molecule is OCC1O[C@@H](Oc2ccc([C@H]3Oc4cc(O)cc(O)c4C[C@@H]3O)cc2O[C@@H]2OC(CO)[C@@H](O)[C@H](O)C2O)C(O)C(O)[C@@H]1O. The highest BCUT2D eigenvalue weighted by Crippen LogP contribution is 2.44. The Labute approximate surface area is 243 Å². The molecule has 0 spiro atoms. The molecule has 5 rings (SSSR count). The van der Waals surface area contributed by atoms with Crippen LogP contribution in [-0.4, -0.2) is 137 Å². The third-order valence-corrected chi connectivity index (χ3v) is 7.67. The van der Waals surface area contributed by atoms with E-state index in [0.29, 0.717) is 0 Å². The summed E-state index contributed by atoms with van der Waals surface area (Å²) in [6, 6.07) is 6.38. The summed E-state index contributed by atoms with van der Waals surface area (Å²) in [5.41, 5.74) is 0.517. The Hall–Kier alpha value is -3.00. The molecule has 2 aromatic rings. The third-order valence-electron chi connectivity index (χ3n) is 7.67. The largest absolute Gasteiger partial charge is 0.508 e. The van der Waals surface area contributed by atoms with Crippen molar-refractivity contribution in [1.29, 1.82) is 0 Å². The van der Waals surface area contributed by atoms with E-state index in [1.807, 2.05) is 0 Å². The van der Waals surface area contributed by atoms with Gasteiger partial charge >= 0.3 is 0 Å². The fourth-order valence-corrected chi connectivity index (χ4v) is 5.22. The minimum Gasteiger partial charge on any atom is -0.508 e. The van der Waals surface area contributed by atoms with Crippen LogP contribution in [0.15, 0.2) is 30.3 Å². The molecular formula is C27H34O16. The van der Waals surface area contributed by atoms with Crippen LogP contribution >= 0.6 is 0 Å². The van der Waals surface area contributed by atoms with Gasteiger partial charge in [-0.1, -0.05) is 6.07 Å². The van der Waals surface area contributed by atoms with Gasteiger partial charge in [-0.3, -0.25) is 0 Å². The number of fused-ring (bicyclic) bond motifs is 1. The topological polar surface area (TPSA) is 269 Å². The van der Waals surface area contributed by atoms with Crippen molar-refractivity contribution in [3.63, 3.8) is 0 Å². The van der Waals surface area contributed by atoms with Crippen LogP contribution < -0.4 is 14.2 Å². The first-order valence-corrected chi connectivity index (χ1v) is 13.4. The molecule has 5 unspecified atom stereocenters. The summed E-state index contributed by atoms with van der Waals surface area (Å²) in [5, 5.41) is 112. The van der Waals surface area contributed by atoms with Gasteiger partial charge in [-0.25, -0.2) is 0 Å². The van der Waals surface area contributed by atoms with Crippen LogP contribution in [-0.2, 0) is 15.9 Å². The number of benzene rings is 2. The maximum Gasteiger partial charge on any atom is 0.229 e. The lowest BCUT2D eigenvalue weighted by molar-refractivity contribution is -0.282. The second kappa shape index (κ2) is 12.5. The first kappa shape index (κ1) is 31.4. The quantitative estimate of drug-likeness (QED) is 0.144. The molecule has 238 valence electrons. The number of hydrogen-bond donors (Lipinski definition) is 11. The lowest BCUT2D eigenvalue weighted by Crippen LogP contribution is -2.60. The monoisotopic (exact) mass is 614 g/mol. The predicted octanol–water partition coefficient (Wildman–Crippen LogP) is -3.51. The van der Waals surface area contributed by atoms with Gasteiger partial charge < -0.3 is 79.9 Å². The van der Waals surface area contributed by atoms with Crippen molar-refractivity contribution in [3.05, 3.63) is 41.5 Å². The fourth-order valence-electron chi connectivity index (χ4n) is 5.22. The van der Waals surface area contributed by atoms with Crippen LogP contribution in [0, 0.1) is 0 Å². The van der Waals surface area contributed by atoms with Gasteiger partial charge in [-0.05, 0) is 17.7 Å². The Balaban J connectivity index is 1.49. The van der Waals surface area contributed by atoms with E-state index < -0.39 is 86.8 Å². The molecule has 0 radical (unpaired) electrons. The average Bonchev–Trinajstić information content (AvgIpc) is 2.98. The van der Waals surface area contributed by atoms with Crippen LogP contribution in [0.25, 0.3) is 0 Å². The zero-order valence-electron chi connectivity index (χ0n) is 22.4. The highest BCUT2D eigenvalue weighted by Gasteiger charge is 2.47. The first-order chi connectivity index (χ1) is 20.4. The molecule has 16 heteroatoms. The maximum atomic E-state index is 10.9. The molecule has 3 aliphatic heterocycles. The molecule has 3 heterocycles. The normalized spacial score (nSPS) is 37.7. The van der Waals surface area contributed by atoms with Crippen molar-refractivity contribution in [2.75, 3.05) is 13.2 Å². The van der Waals surface area contributed by atoms with E-state index in [1.165, 1.54) is 24.3 Å². The Morgan fingerprint density at radius 3 is 1.79 bits per heavy atom. The van der Waals surface area contributed by atoms with Gasteiger partial charge in [-0.2, -0.15) is 0 Å². The number of ether oxygens (including phenoxy) is 5. The summed E-state index contributed by atoms with van der Waals surface area (Å²) in [5.74, 6) is -0.903. The summed E-state index contributed by atoms with van der Waals surface area (Å²) in [7, 11) is 0. The molecule has 2 saturated heterocycles. The number of aliphatic hydroxyl groups excluding tert-OH is 9. The number of phenols is 2. The number of phenolic OH excluding ortho intramolecular Hbond substituents is 2. The molecule has 0 bridgehead atoms. The van der Waals surface area contributed by atoms with E-state index in [-0.39, 0.29) is 46.3 Å². The summed E-state index contributed by atoms with van der Waals surface area (Å²) in [4.78, 5) is 0. The molecule has 2 aromatic carbocycles. The molecule has 0 saturated carbocycles. The highest BCUT2D eigenvalue weighted by atomic mass is 16.7. The lowest BCUT2D eigenvalue weighted by Gasteiger charge is -2.41. The van der Waals surface area contributed by atoms with Gasteiger partial charge in [-0.15, -0.1) is 0 Å². The molecular weight excluding hydrogens is 580 g/mol. The summed E-state index contributed by atoms with van der Waals surface area (Å²) in [6.07, 6.45) is -18.8. The van der Waals surface area contributed by atoms with Crippen LogP contribution in [0.1, 0.15) is 17.2 Å². The molecule has 0 aliphatic carbocycles. The third kappa shape index (κ3) is 6.04. The van der Waals surface area contributed by atoms with E-state index in [2.05, 4.69) is 0 Å². The van der Waals surface area contributed by atoms with E-state index in [9.17, 15) is 56.2 Å². The molecule has 0 aromatic heterocycles. The van der Waals surface area contributed by atoms with Crippen LogP contribution in [0.5, 0.6) is 28.7 Å². The average molecular weight is 615 g/mol. The van der Waals surface area contributed by atoms with E-state index >= 15 is 0 Å². The molecule has 0 amide bonds. The number of rotatable bonds is 7. The van der Waals surface area contributed by atoms with Crippen molar-refractivity contribution in [1.82, 2.24) is 0 Å². The van der Waals surface area contributed by atoms with Crippen molar-refractivity contribution >= 4 is 0 Å². The second-order valence-corrected chi connectivity index (χ2v) is 10.6. The smallest absolute Gasteiger partial charge is 0.229 e. The van der Waals surface area contributed by atoms with E-state index in [4.69, 9.17) is 23.7 Å². The molecule has 2 fully saturated rings. The summed E-state index contributed by atoms with van der Waals surface area (Å²) < 4.78 is 28.3. The van der Waals surface area contributed by atoms with Gasteiger partial charge in [0, 0.05) is 24.1 Å². The van der Waals surface area contributed by atoms with Crippen LogP contribution in [0.4, 0.5) is 0 Å². The van der Waals surface area contributed by atoms with Gasteiger partial charge in [0.05, 0.1) is 19.3 Å². The van der Waals surface area contributed by atoms with Crippen molar-refractivity contribution < 1.29 is 79.9 Å². The zero-order chi connectivity index (χ0) is 31.2. The number of aliphatic hydroxyl groups is 9. The van der Waals surface area contributed by atoms with E-state index in [0.717, 1.165) is 6.07 Å². The molecule has 3 aliphatic rings. The Kier molecular flexibility index (Phi) is 9.17. The summed E-state index contributed by atoms with van der Waals surface area (Å²) in [6.45, 7) is -1.46. The lowest BCUT2D eigenvalue weighted by atomic mass is 9.94. The first-order valence-electron chi connectivity index (χ1n) is 13.4. The van der Waals surface area contributed by atoms with Gasteiger partial charge in [0.25, 0.3) is 0 Å². The minimum atomic E-state index is -1.82. The molecule has 12 atom stereocenters. The van der Waals surface area contributed by atoms with Gasteiger partial charge in [0.2, 0.25) is 12.6 Å². The fraction of sp³-hybridized carbons (Fsp3) is 0.556. The number of aromatic hydroxyl groups is 2. The molecule has 16 nitrogen and oxygen atoms in total. The standard InChI is InChI=1S/C27H34O16/c28-7-17-19(33)21(35)23(37)26(42-17)40-14-2-1-9(25-13(32)6-11-12(31)4-10(30)5-15(11)39-25)3-16(14)41-27-24(38)22(36)20(34)18(8-29)43-27/h1-5,13,17-38H,6-8H2/t13-,17?,18?,19+,20+,21?,22-,23?,24?,25+,26+,27+/m0/s1. The predicted molar refractivity (Wildman–Crippen MR) is 138 cm³/mol. The van der Waals surface area contributed by atoms with Crippen LogP contribution in [0.2, 0.25) is 0 Å². The molecule has 43 heavy (non-hydrogen) atoms.